The first-order chi connectivity index (χ1) is 11.0. The molecule has 0 aliphatic carbocycles. The van der Waals surface area contributed by atoms with E-state index in [1.54, 1.807) is 17.5 Å². The molecule has 23 heavy (non-hydrogen) atoms. The maximum atomic E-state index is 13.4. The molecule has 1 aliphatic rings. The molecule has 3 heterocycles. The number of aliphatic hydroxyl groups excluding tert-OH is 1. The van der Waals surface area contributed by atoms with Gasteiger partial charge in [-0.2, -0.15) is 0 Å². The van der Waals surface area contributed by atoms with E-state index in [2.05, 4.69) is 10.3 Å². The second-order valence-electron chi connectivity index (χ2n) is 5.36. The van der Waals surface area contributed by atoms with Gasteiger partial charge in [0.25, 0.3) is 5.92 Å². The van der Waals surface area contributed by atoms with E-state index in [-0.39, 0.29) is 6.54 Å². The lowest BCUT2D eigenvalue weighted by molar-refractivity contribution is -0.117. The van der Waals surface area contributed by atoms with Crippen LogP contribution in [0.1, 0.15) is 6.42 Å². The molecule has 1 aliphatic heterocycles. The van der Waals surface area contributed by atoms with Crippen molar-refractivity contribution in [2.24, 2.45) is 0 Å². The number of carbonyl (C=O) groups is 1. The van der Waals surface area contributed by atoms with Gasteiger partial charge in [-0.05, 0) is 12.1 Å². The summed E-state index contributed by atoms with van der Waals surface area (Å²) in [6.07, 6.45) is 1.09. The lowest BCUT2D eigenvalue weighted by Crippen LogP contribution is -2.39. The normalized spacial score (nSPS) is 20.7. The van der Waals surface area contributed by atoms with Crippen molar-refractivity contribution in [2.75, 3.05) is 25.0 Å². The van der Waals surface area contributed by atoms with E-state index in [0.717, 1.165) is 0 Å². The summed E-state index contributed by atoms with van der Waals surface area (Å²) in [7, 11) is 0. The predicted octanol–water partition coefficient (Wildman–Crippen LogP) is 2.04. The van der Waals surface area contributed by atoms with Gasteiger partial charge in [0.15, 0.2) is 10.9 Å². The molecule has 0 saturated carbocycles. The first-order valence-electron chi connectivity index (χ1n) is 6.99. The van der Waals surface area contributed by atoms with Gasteiger partial charge in [0.2, 0.25) is 5.91 Å². The van der Waals surface area contributed by atoms with Crippen molar-refractivity contribution in [3.05, 3.63) is 23.8 Å². The average molecular weight is 343 g/mol. The second-order valence-corrected chi connectivity index (χ2v) is 6.22. The van der Waals surface area contributed by atoms with Crippen LogP contribution < -0.4 is 5.32 Å². The number of furan rings is 1. The van der Waals surface area contributed by atoms with E-state index in [1.807, 2.05) is 0 Å². The molecule has 2 N–H and O–H groups in total. The van der Waals surface area contributed by atoms with Crippen molar-refractivity contribution < 1.29 is 23.1 Å². The van der Waals surface area contributed by atoms with Gasteiger partial charge in [0, 0.05) is 17.8 Å². The third kappa shape index (κ3) is 3.74. The van der Waals surface area contributed by atoms with E-state index >= 15 is 0 Å². The van der Waals surface area contributed by atoms with Crippen molar-refractivity contribution in [1.29, 1.82) is 0 Å². The summed E-state index contributed by atoms with van der Waals surface area (Å²) < 4.78 is 31.9. The van der Waals surface area contributed by atoms with Crippen LogP contribution >= 0.6 is 11.3 Å². The largest absolute Gasteiger partial charge is 0.463 e. The molecule has 0 spiro atoms. The molecule has 124 valence electrons. The zero-order valence-corrected chi connectivity index (χ0v) is 12.9. The van der Waals surface area contributed by atoms with Crippen LogP contribution in [0.2, 0.25) is 0 Å². The summed E-state index contributed by atoms with van der Waals surface area (Å²) in [4.78, 5) is 17.5. The molecular weight excluding hydrogens is 328 g/mol. The number of likely N-dealkylation sites (tertiary alicyclic amines) is 1. The number of nitrogens with one attached hydrogen (secondary N) is 1. The second kappa shape index (κ2) is 6.34. The van der Waals surface area contributed by atoms with E-state index in [9.17, 15) is 13.6 Å². The molecule has 2 aromatic heterocycles. The summed E-state index contributed by atoms with van der Waals surface area (Å²) in [6.45, 7) is -1.14. The zero-order valence-electron chi connectivity index (χ0n) is 12.0. The van der Waals surface area contributed by atoms with Crippen LogP contribution in [0.3, 0.4) is 0 Å². The Morgan fingerprint density at radius 3 is 3.13 bits per heavy atom. The van der Waals surface area contributed by atoms with Crippen molar-refractivity contribution in [1.82, 2.24) is 9.88 Å². The van der Waals surface area contributed by atoms with Crippen LogP contribution in [0.4, 0.5) is 13.9 Å². The average Bonchev–Trinajstić information content (AvgIpc) is 3.18. The molecule has 9 heteroatoms. The highest BCUT2D eigenvalue weighted by molar-refractivity contribution is 7.14. The first-order valence-corrected chi connectivity index (χ1v) is 7.87. The fourth-order valence-corrected chi connectivity index (χ4v) is 3.26. The van der Waals surface area contributed by atoms with Crippen LogP contribution in [-0.2, 0) is 4.79 Å². The number of halogens is 2. The fourth-order valence-electron chi connectivity index (χ4n) is 2.54. The minimum atomic E-state index is -2.87. The summed E-state index contributed by atoms with van der Waals surface area (Å²) in [5.41, 5.74) is 0.594. The number of amides is 1. The Bertz CT molecular complexity index is 675. The summed E-state index contributed by atoms with van der Waals surface area (Å²) in [5, 5.41) is 13.8. The first kappa shape index (κ1) is 16.0. The Labute approximate surface area is 134 Å². The van der Waals surface area contributed by atoms with Crippen LogP contribution in [0.25, 0.3) is 11.5 Å². The van der Waals surface area contributed by atoms with Gasteiger partial charge in [-0.25, -0.2) is 13.8 Å². The molecular formula is C14H15F2N3O3S. The van der Waals surface area contributed by atoms with Crippen LogP contribution in [-0.4, -0.2) is 52.6 Å². The number of thiazole rings is 1. The number of nitrogens with zero attached hydrogens (tertiary/aromatic N) is 2. The van der Waals surface area contributed by atoms with Crippen molar-refractivity contribution in [3.8, 4) is 11.5 Å². The number of aliphatic hydroxyl groups is 1. The maximum absolute atomic E-state index is 13.4. The molecule has 1 saturated heterocycles. The molecule has 0 radical (unpaired) electrons. The molecule has 0 aromatic carbocycles. The third-order valence-electron chi connectivity index (χ3n) is 3.57. The van der Waals surface area contributed by atoms with Gasteiger partial charge in [0.1, 0.15) is 5.69 Å². The molecule has 1 fully saturated rings. The highest BCUT2D eigenvalue weighted by Gasteiger charge is 2.45. The predicted molar refractivity (Wildman–Crippen MR) is 80.5 cm³/mol. The number of alkyl halides is 2. The molecule has 2 aromatic rings. The maximum Gasteiger partial charge on any atom is 0.262 e. The van der Waals surface area contributed by atoms with Gasteiger partial charge >= 0.3 is 0 Å². The molecule has 1 amide bonds. The van der Waals surface area contributed by atoms with Crippen molar-refractivity contribution in [2.45, 2.75) is 18.4 Å². The van der Waals surface area contributed by atoms with Crippen LogP contribution in [0, 0.1) is 0 Å². The van der Waals surface area contributed by atoms with E-state index < -0.39 is 37.4 Å². The van der Waals surface area contributed by atoms with E-state index in [1.165, 1.54) is 22.5 Å². The number of rotatable bonds is 5. The zero-order chi connectivity index (χ0) is 16.4. The number of anilines is 1. The third-order valence-corrected chi connectivity index (χ3v) is 4.32. The molecule has 1 atom stereocenters. The SMILES string of the molecule is O=C(CN1CC(F)(F)CC1CO)Nc1nc(-c2ccco2)cs1. The van der Waals surface area contributed by atoms with Crippen molar-refractivity contribution >= 4 is 22.4 Å². The lowest BCUT2D eigenvalue weighted by Gasteiger charge is -2.20. The van der Waals surface area contributed by atoms with Crippen LogP contribution in [0.15, 0.2) is 28.2 Å². The molecule has 0 bridgehead atoms. The van der Waals surface area contributed by atoms with E-state index in [0.29, 0.717) is 16.6 Å². The monoisotopic (exact) mass is 343 g/mol. The number of aromatic nitrogens is 1. The summed E-state index contributed by atoms with van der Waals surface area (Å²) in [5.74, 6) is -2.73. The van der Waals surface area contributed by atoms with Gasteiger partial charge in [0.05, 0.1) is 26.0 Å². The smallest absolute Gasteiger partial charge is 0.262 e. The number of hydrogen-bond donors (Lipinski definition) is 2. The minimum absolute atomic E-state index is 0.212. The van der Waals surface area contributed by atoms with Gasteiger partial charge in [-0.1, -0.05) is 0 Å². The molecule has 3 rings (SSSR count). The highest BCUT2D eigenvalue weighted by Crippen LogP contribution is 2.31. The molecule has 6 nitrogen and oxygen atoms in total. The van der Waals surface area contributed by atoms with Crippen molar-refractivity contribution in [3.63, 3.8) is 0 Å². The minimum Gasteiger partial charge on any atom is -0.463 e. The van der Waals surface area contributed by atoms with Gasteiger partial charge in [-0.3, -0.25) is 9.69 Å². The lowest BCUT2D eigenvalue weighted by atomic mass is 10.2. The Balaban J connectivity index is 1.59. The molecule has 1 unspecified atom stereocenters. The van der Waals surface area contributed by atoms with Gasteiger partial charge < -0.3 is 14.8 Å². The number of hydrogen-bond acceptors (Lipinski definition) is 6. The quantitative estimate of drug-likeness (QED) is 0.869. The topological polar surface area (TPSA) is 78.6 Å². The Morgan fingerprint density at radius 2 is 2.43 bits per heavy atom. The fraction of sp³-hybridized carbons (Fsp3) is 0.429. The standard InChI is InChI=1S/C14H15F2N3O3S/c15-14(16)4-9(6-20)19(8-14)5-12(21)18-13-17-10(7-23-13)11-2-1-3-22-11/h1-3,7,9,20H,4-6,8H2,(H,17,18,21). The van der Waals surface area contributed by atoms with E-state index in [4.69, 9.17) is 9.52 Å². The Morgan fingerprint density at radius 1 is 1.61 bits per heavy atom. The Kier molecular flexibility index (Phi) is 4.42. The Hall–Kier alpha value is -1.84. The summed E-state index contributed by atoms with van der Waals surface area (Å²) >= 11 is 1.22. The highest BCUT2D eigenvalue weighted by atomic mass is 32.1. The number of carbonyl (C=O) groups excluding carboxylic acids is 1. The summed E-state index contributed by atoms with van der Waals surface area (Å²) in [6, 6.07) is 2.78. The van der Waals surface area contributed by atoms with Crippen LogP contribution in [0.5, 0.6) is 0 Å². The van der Waals surface area contributed by atoms with Gasteiger partial charge in [-0.15, -0.1) is 11.3 Å².